The number of carbonyl (C=O) groups excluding carboxylic acids is 3. The SMILES string of the molecule is Cc1cccc(Cl)c1N1CC=C[C@]23O[C@@]4(C)C=CCOC(=O)[C@H]4[C@H]2C(=O)N([C@H](C)CO)C3C1=O. The molecular weight excluding hydrogens is 460 g/mol. The molecular formula is C25H27ClN2O6. The van der Waals surface area contributed by atoms with E-state index in [1.807, 2.05) is 19.1 Å². The molecule has 9 heteroatoms. The van der Waals surface area contributed by atoms with E-state index in [2.05, 4.69) is 0 Å². The van der Waals surface area contributed by atoms with Gasteiger partial charge in [0.25, 0.3) is 5.91 Å². The summed E-state index contributed by atoms with van der Waals surface area (Å²) in [5, 5.41) is 10.4. The number of aliphatic hydroxyl groups excluding tert-OH is 1. The number of amides is 2. The molecule has 4 heterocycles. The lowest BCUT2D eigenvalue weighted by atomic mass is 9.75. The monoisotopic (exact) mass is 486 g/mol. The van der Waals surface area contributed by atoms with Gasteiger partial charge >= 0.3 is 5.97 Å². The fraction of sp³-hybridized carbons (Fsp3) is 0.480. The Labute approximate surface area is 202 Å². The summed E-state index contributed by atoms with van der Waals surface area (Å²) in [6, 6.07) is 3.62. The van der Waals surface area contributed by atoms with Gasteiger partial charge in [-0.1, -0.05) is 42.0 Å². The summed E-state index contributed by atoms with van der Waals surface area (Å²) in [7, 11) is 0. The zero-order valence-electron chi connectivity index (χ0n) is 19.2. The Morgan fingerprint density at radius 2 is 1.94 bits per heavy atom. The number of hydrogen-bond acceptors (Lipinski definition) is 6. The molecule has 1 aromatic rings. The number of benzene rings is 1. The largest absolute Gasteiger partial charge is 0.461 e. The van der Waals surface area contributed by atoms with Gasteiger partial charge in [-0.15, -0.1) is 0 Å². The molecule has 1 spiro atoms. The maximum Gasteiger partial charge on any atom is 0.313 e. The second kappa shape index (κ2) is 7.93. The van der Waals surface area contributed by atoms with Crippen molar-refractivity contribution in [3.8, 4) is 0 Å². The number of halogens is 1. The number of aliphatic hydroxyl groups is 1. The minimum absolute atomic E-state index is 0.0940. The van der Waals surface area contributed by atoms with Crippen LogP contribution in [-0.4, -0.2) is 70.8 Å². The Hall–Kier alpha value is -2.68. The third-order valence-electron chi connectivity index (χ3n) is 7.45. The fourth-order valence-corrected chi connectivity index (χ4v) is 6.35. The maximum atomic E-state index is 14.2. The predicted molar refractivity (Wildman–Crippen MR) is 124 cm³/mol. The van der Waals surface area contributed by atoms with E-state index in [-0.39, 0.29) is 25.7 Å². The van der Waals surface area contributed by atoms with Crippen molar-refractivity contribution in [2.75, 3.05) is 24.7 Å². The molecule has 6 atom stereocenters. The third-order valence-corrected chi connectivity index (χ3v) is 7.75. The van der Waals surface area contributed by atoms with Gasteiger partial charge in [0.15, 0.2) is 0 Å². The molecule has 1 N–H and O–H groups in total. The summed E-state index contributed by atoms with van der Waals surface area (Å²) in [6.45, 7) is 5.24. The molecule has 2 fully saturated rings. The first-order valence-corrected chi connectivity index (χ1v) is 11.8. The summed E-state index contributed by atoms with van der Waals surface area (Å²) < 4.78 is 12.0. The highest BCUT2D eigenvalue weighted by Gasteiger charge is 2.75. The Balaban J connectivity index is 1.70. The lowest BCUT2D eigenvalue weighted by Crippen LogP contribution is -2.58. The number of fused-ring (bicyclic) bond motifs is 2. The molecule has 2 saturated heterocycles. The van der Waals surface area contributed by atoms with Crippen LogP contribution in [0, 0.1) is 18.8 Å². The number of hydrogen-bond donors (Lipinski definition) is 1. The highest BCUT2D eigenvalue weighted by Crippen LogP contribution is 2.57. The van der Waals surface area contributed by atoms with E-state index in [1.165, 1.54) is 4.90 Å². The van der Waals surface area contributed by atoms with Gasteiger partial charge < -0.3 is 24.4 Å². The molecule has 5 rings (SSSR count). The van der Waals surface area contributed by atoms with Crippen LogP contribution in [0.5, 0.6) is 0 Å². The van der Waals surface area contributed by atoms with Crippen molar-refractivity contribution >= 4 is 35.1 Å². The summed E-state index contributed by atoms with van der Waals surface area (Å²) in [6.07, 6.45) is 6.98. The molecule has 1 unspecified atom stereocenters. The number of ether oxygens (including phenoxy) is 2. The molecule has 34 heavy (non-hydrogen) atoms. The Morgan fingerprint density at radius 1 is 1.18 bits per heavy atom. The first-order valence-electron chi connectivity index (χ1n) is 11.4. The molecule has 2 amide bonds. The fourth-order valence-electron chi connectivity index (χ4n) is 6.02. The predicted octanol–water partition coefficient (Wildman–Crippen LogP) is 2.02. The number of anilines is 1. The molecule has 4 aliphatic heterocycles. The van der Waals surface area contributed by atoms with E-state index in [0.717, 1.165) is 5.56 Å². The summed E-state index contributed by atoms with van der Waals surface area (Å²) >= 11 is 6.51. The van der Waals surface area contributed by atoms with Gasteiger partial charge in [0, 0.05) is 6.54 Å². The molecule has 8 nitrogen and oxygen atoms in total. The van der Waals surface area contributed by atoms with Crippen molar-refractivity contribution in [2.45, 2.75) is 44.1 Å². The molecule has 4 aliphatic rings. The number of likely N-dealkylation sites (tertiary alicyclic amines) is 1. The molecule has 180 valence electrons. The van der Waals surface area contributed by atoms with Gasteiger partial charge in [-0.2, -0.15) is 0 Å². The molecule has 0 radical (unpaired) electrons. The van der Waals surface area contributed by atoms with Crippen LogP contribution in [0.4, 0.5) is 5.69 Å². The average molecular weight is 487 g/mol. The average Bonchev–Trinajstić information content (AvgIpc) is 3.06. The highest BCUT2D eigenvalue weighted by molar-refractivity contribution is 6.34. The van der Waals surface area contributed by atoms with Crippen LogP contribution in [0.25, 0.3) is 0 Å². The number of esters is 1. The lowest BCUT2D eigenvalue weighted by molar-refractivity contribution is -0.157. The topological polar surface area (TPSA) is 96.4 Å². The smallest absolute Gasteiger partial charge is 0.313 e. The van der Waals surface area contributed by atoms with Crippen molar-refractivity contribution < 1.29 is 29.0 Å². The van der Waals surface area contributed by atoms with E-state index >= 15 is 0 Å². The quantitative estimate of drug-likeness (QED) is 0.518. The van der Waals surface area contributed by atoms with Crippen LogP contribution in [0.2, 0.25) is 5.02 Å². The van der Waals surface area contributed by atoms with E-state index in [9.17, 15) is 19.5 Å². The molecule has 0 saturated carbocycles. The zero-order valence-corrected chi connectivity index (χ0v) is 20.0. The van der Waals surface area contributed by atoms with Crippen LogP contribution in [0.3, 0.4) is 0 Å². The lowest BCUT2D eigenvalue weighted by Gasteiger charge is -2.39. The summed E-state index contributed by atoms with van der Waals surface area (Å²) in [4.78, 5) is 44.1. The number of para-hydroxylation sites is 1. The molecule has 0 bridgehead atoms. The van der Waals surface area contributed by atoms with Crippen LogP contribution < -0.4 is 4.90 Å². The zero-order chi connectivity index (χ0) is 24.4. The minimum Gasteiger partial charge on any atom is -0.461 e. The second-order valence-corrected chi connectivity index (χ2v) is 9.97. The van der Waals surface area contributed by atoms with Gasteiger partial charge in [-0.25, -0.2) is 0 Å². The van der Waals surface area contributed by atoms with Gasteiger partial charge in [-0.05, 0) is 38.5 Å². The Morgan fingerprint density at radius 3 is 2.65 bits per heavy atom. The van der Waals surface area contributed by atoms with E-state index in [0.29, 0.717) is 10.7 Å². The number of rotatable bonds is 3. The van der Waals surface area contributed by atoms with E-state index in [1.54, 1.807) is 49.1 Å². The Kier molecular flexibility index (Phi) is 5.39. The molecule has 0 aromatic heterocycles. The number of aryl methyl sites for hydroxylation is 1. The summed E-state index contributed by atoms with van der Waals surface area (Å²) in [5.41, 5.74) is -1.16. The molecule has 1 aromatic carbocycles. The van der Waals surface area contributed by atoms with Crippen molar-refractivity contribution in [3.05, 3.63) is 53.1 Å². The van der Waals surface area contributed by atoms with Gasteiger partial charge in [0.05, 0.1) is 34.9 Å². The second-order valence-electron chi connectivity index (χ2n) is 9.56. The van der Waals surface area contributed by atoms with Gasteiger partial charge in [0.2, 0.25) is 5.91 Å². The van der Waals surface area contributed by atoms with Crippen LogP contribution in [0.1, 0.15) is 19.4 Å². The number of nitrogens with zero attached hydrogens (tertiary/aromatic N) is 2. The van der Waals surface area contributed by atoms with Crippen molar-refractivity contribution in [3.63, 3.8) is 0 Å². The Bertz CT molecular complexity index is 1110. The third kappa shape index (κ3) is 3.01. The van der Waals surface area contributed by atoms with E-state index in [4.69, 9.17) is 21.1 Å². The van der Waals surface area contributed by atoms with Crippen LogP contribution >= 0.6 is 11.6 Å². The van der Waals surface area contributed by atoms with Gasteiger partial charge in [0.1, 0.15) is 24.2 Å². The maximum absolute atomic E-state index is 14.2. The van der Waals surface area contributed by atoms with E-state index < -0.39 is 47.0 Å². The van der Waals surface area contributed by atoms with Crippen LogP contribution in [-0.2, 0) is 23.9 Å². The molecule has 0 aliphatic carbocycles. The van der Waals surface area contributed by atoms with Crippen molar-refractivity contribution in [1.82, 2.24) is 4.90 Å². The van der Waals surface area contributed by atoms with Gasteiger partial charge in [-0.3, -0.25) is 14.4 Å². The normalized spacial score (nSPS) is 35.4. The minimum atomic E-state index is -1.40. The standard InChI is InChI=1S/C25H27ClN2O6/c1-14-7-4-8-16(26)19(14)27-11-5-10-25-17(18-23(32)33-12-6-9-24(18,3)34-25)21(30)28(15(2)13-29)20(25)22(27)31/h4-10,15,17-18,20,29H,11-13H2,1-3H3/t15-,17+,18-,20?,24+,25+/m1/s1. The van der Waals surface area contributed by atoms with Crippen molar-refractivity contribution in [1.29, 1.82) is 0 Å². The first kappa shape index (κ1) is 23.1. The van der Waals surface area contributed by atoms with Crippen molar-refractivity contribution in [2.24, 2.45) is 11.8 Å². The van der Waals surface area contributed by atoms with Crippen LogP contribution in [0.15, 0.2) is 42.5 Å². The number of cyclic esters (lactones) is 1. The summed E-state index contributed by atoms with van der Waals surface area (Å²) in [5.74, 6) is -3.23. The first-order chi connectivity index (χ1) is 16.2. The highest BCUT2D eigenvalue weighted by atomic mass is 35.5. The number of carbonyl (C=O) groups is 3.